The van der Waals surface area contributed by atoms with Gasteiger partial charge in [0, 0.05) is 11.9 Å². The van der Waals surface area contributed by atoms with Crippen molar-refractivity contribution in [2.24, 2.45) is 12.8 Å². The molecule has 1 unspecified atom stereocenters. The van der Waals surface area contributed by atoms with Gasteiger partial charge >= 0.3 is 0 Å². The number of rotatable bonds is 2. The predicted molar refractivity (Wildman–Crippen MR) is 63.6 cm³/mol. The van der Waals surface area contributed by atoms with Crippen LogP contribution in [0.3, 0.4) is 0 Å². The molecule has 0 saturated carbocycles. The van der Waals surface area contributed by atoms with E-state index in [1.807, 2.05) is 19.2 Å². The number of hydrogen-bond acceptors (Lipinski definition) is 3. The minimum absolute atomic E-state index is 0.275. The highest BCUT2D eigenvalue weighted by Gasteiger charge is 2.18. The van der Waals surface area contributed by atoms with Gasteiger partial charge in [0.1, 0.15) is 0 Å². The summed E-state index contributed by atoms with van der Waals surface area (Å²) in [7, 11) is 1.82. The van der Waals surface area contributed by atoms with Gasteiger partial charge in [-0.25, -0.2) is 0 Å². The molecule has 2 rings (SSSR count). The van der Waals surface area contributed by atoms with Gasteiger partial charge in [-0.1, -0.05) is 23.2 Å². The van der Waals surface area contributed by atoms with Crippen LogP contribution in [0, 0.1) is 0 Å². The maximum atomic E-state index is 6.08. The normalized spacial score (nSPS) is 13.1. The molecule has 2 heterocycles. The monoisotopic (exact) mass is 261 g/mol. The molecular formula is C9H9Cl2N3S. The fourth-order valence-electron chi connectivity index (χ4n) is 1.40. The van der Waals surface area contributed by atoms with E-state index in [4.69, 9.17) is 28.9 Å². The van der Waals surface area contributed by atoms with E-state index in [1.54, 1.807) is 10.9 Å². The molecule has 3 nitrogen and oxygen atoms in total. The Balaban J connectivity index is 2.40. The molecule has 0 aliphatic carbocycles. The maximum Gasteiger partial charge on any atom is 0.0931 e. The molecule has 0 saturated heterocycles. The minimum atomic E-state index is -0.275. The van der Waals surface area contributed by atoms with Crippen molar-refractivity contribution in [3.8, 4) is 0 Å². The molecular weight excluding hydrogens is 253 g/mol. The van der Waals surface area contributed by atoms with Crippen LogP contribution in [-0.2, 0) is 7.05 Å². The zero-order chi connectivity index (χ0) is 11.0. The molecule has 80 valence electrons. The van der Waals surface area contributed by atoms with Crippen LogP contribution in [0.1, 0.15) is 16.6 Å². The standard InChI is InChI=1S/C9H9Cl2N3S/c1-14-9(5(10)4-13-14)8(12)6-2-3-7(11)15-6/h2-4,8H,12H2,1H3. The Hall–Kier alpha value is -0.550. The first-order chi connectivity index (χ1) is 7.09. The summed E-state index contributed by atoms with van der Waals surface area (Å²) in [6, 6.07) is 3.45. The number of hydrogen-bond donors (Lipinski definition) is 1. The molecule has 0 amide bonds. The van der Waals surface area contributed by atoms with E-state index in [0.29, 0.717) is 5.02 Å². The van der Waals surface area contributed by atoms with E-state index in [0.717, 1.165) is 14.9 Å². The molecule has 0 aliphatic heterocycles. The molecule has 0 fully saturated rings. The average Bonchev–Trinajstić information content (AvgIpc) is 2.73. The molecule has 0 aliphatic rings. The summed E-state index contributed by atoms with van der Waals surface area (Å²) < 4.78 is 2.40. The van der Waals surface area contributed by atoms with Crippen molar-refractivity contribution >= 4 is 34.5 Å². The van der Waals surface area contributed by atoms with E-state index in [2.05, 4.69) is 5.10 Å². The van der Waals surface area contributed by atoms with E-state index in [9.17, 15) is 0 Å². The van der Waals surface area contributed by atoms with Crippen LogP contribution in [-0.4, -0.2) is 9.78 Å². The van der Waals surface area contributed by atoms with Gasteiger partial charge < -0.3 is 5.73 Å². The van der Waals surface area contributed by atoms with Gasteiger partial charge in [-0.2, -0.15) is 5.10 Å². The third-order valence-corrected chi connectivity index (χ3v) is 3.74. The predicted octanol–water partition coefficient (Wildman–Crippen LogP) is 2.84. The van der Waals surface area contributed by atoms with Gasteiger partial charge in [-0.3, -0.25) is 4.68 Å². The Morgan fingerprint density at radius 1 is 1.47 bits per heavy atom. The first-order valence-electron chi connectivity index (χ1n) is 4.28. The van der Waals surface area contributed by atoms with Gasteiger partial charge in [-0.05, 0) is 12.1 Å². The van der Waals surface area contributed by atoms with Crippen molar-refractivity contribution in [3.05, 3.63) is 38.3 Å². The summed E-state index contributed by atoms with van der Waals surface area (Å²) in [4.78, 5) is 0.977. The molecule has 15 heavy (non-hydrogen) atoms. The van der Waals surface area contributed by atoms with Gasteiger partial charge in [0.15, 0.2) is 0 Å². The Morgan fingerprint density at radius 3 is 2.67 bits per heavy atom. The number of thiophene rings is 1. The van der Waals surface area contributed by atoms with Gasteiger partial charge in [0.2, 0.25) is 0 Å². The molecule has 2 aromatic heterocycles. The second kappa shape index (κ2) is 4.14. The Morgan fingerprint density at radius 2 is 2.20 bits per heavy atom. The van der Waals surface area contributed by atoms with E-state index in [-0.39, 0.29) is 6.04 Å². The lowest BCUT2D eigenvalue weighted by atomic mass is 10.2. The Labute approximate surface area is 101 Å². The van der Waals surface area contributed by atoms with Crippen LogP contribution in [0.4, 0.5) is 0 Å². The summed E-state index contributed by atoms with van der Waals surface area (Å²) in [5.41, 5.74) is 6.88. The van der Waals surface area contributed by atoms with Crippen molar-refractivity contribution in [2.75, 3.05) is 0 Å². The third-order valence-electron chi connectivity index (χ3n) is 2.13. The third kappa shape index (κ3) is 2.03. The molecule has 2 aromatic rings. The number of nitrogens with zero attached hydrogens (tertiary/aromatic N) is 2. The van der Waals surface area contributed by atoms with Gasteiger partial charge in [0.05, 0.1) is 27.3 Å². The van der Waals surface area contributed by atoms with E-state index < -0.39 is 0 Å². The first kappa shape index (κ1) is 11.0. The number of aromatic nitrogens is 2. The van der Waals surface area contributed by atoms with Crippen molar-refractivity contribution in [1.82, 2.24) is 9.78 Å². The van der Waals surface area contributed by atoms with E-state index >= 15 is 0 Å². The minimum Gasteiger partial charge on any atom is -0.318 e. The highest BCUT2D eigenvalue weighted by Crippen LogP contribution is 2.31. The second-order valence-corrected chi connectivity index (χ2v) is 5.27. The van der Waals surface area contributed by atoms with Gasteiger partial charge in [0.25, 0.3) is 0 Å². The number of halogens is 2. The van der Waals surface area contributed by atoms with Crippen LogP contribution >= 0.6 is 34.5 Å². The number of nitrogens with two attached hydrogens (primary N) is 1. The van der Waals surface area contributed by atoms with Crippen molar-refractivity contribution < 1.29 is 0 Å². The largest absolute Gasteiger partial charge is 0.318 e. The topological polar surface area (TPSA) is 43.8 Å². The summed E-state index contributed by atoms with van der Waals surface area (Å²) in [5.74, 6) is 0. The maximum absolute atomic E-state index is 6.08. The number of aryl methyl sites for hydroxylation is 1. The molecule has 0 radical (unpaired) electrons. The second-order valence-electron chi connectivity index (χ2n) is 3.12. The lowest BCUT2D eigenvalue weighted by molar-refractivity contribution is 0.678. The summed E-state index contributed by atoms with van der Waals surface area (Å²) >= 11 is 13.3. The quantitative estimate of drug-likeness (QED) is 0.904. The molecule has 2 N–H and O–H groups in total. The van der Waals surface area contributed by atoms with Crippen LogP contribution < -0.4 is 5.73 Å². The van der Waals surface area contributed by atoms with Crippen molar-refractivity contribution in [1.29, 1.82) is 0 Å². The highest BCUT2D eigenvalue weighted by atomic mass is 35.5. The molecule has 0 bridgehead atoms. The van der Waals surface area contributed by atoms with Crippen molar-refractivity contribution in [2.45, 2.75) is 6.04 Å². The summed E-state index contributed by atoms with van der Waals surface area (Å²) in [6.45, 7) is 0. The van der Waals surface area contributed by atoms with Crippen LogP contribution in [0.5, 0.6) is 0 Å². The highest BCUT2D eigenvalue weighted by molar-refractivity contribution is 7.16. The zero-order valence-electron chi connectivity index (χ0n) is 7.95. The fourth-order valence-corrected chi connectivity index (χ4v) is 2.75. The zero-order valence-corrected chi connectivity index (χ0v) is 10.3. The average molecular weight is 262 g/mol. The Bertz CT molecular complexity index is 458. The van der Waals surface area contributed by atoms with Crippen LogP contribution in [0.25, 0.3) is 0 Å². The molecule has 6 heteroatoms. The fraction of sp³-hybridized carbons (Fsp3) is 0.222. The first-order valence-corrected chi connectivity index (χ1v) is 5.85. The molecule has 0 aromatic carbocycles. The van der Waals surface area contributed by atoms with Crippen LogP contribution in [0.15, 0.2) is 18.3 Å². The Kier molecular flexibility index (Phi) is 3.02. The summed E-state index contributed by atoms with van der Waals surface area (Å²) in [5, 5.41) is 4.62. The lowest BCUT2D eigenvalue weighted by Gasteiger charge is -2.10. The summed E-state index contributed by atoms with van der Waals surface area (Å²) in [6.07, 6.45) is 1.59. The smallest absolute Gasteiger partial charge is 0.0931 e. The SMILES string of the molecule is Cn1ncc(Cl)c1C(N)c1ccc(Cl)s1. The van der Waals surface area contributed by atoms with Crippen molar-refractivity contribution in [3.63, 3.8) is 0 Å². The lowest BCUT2D eigenvalue weighted by Crippen LogP contribution is -2.15. The van der Waals surface area contributed by atoms with Gasteiger partial charge in [-0.15, -0.1) is 11.3 Å². The van der Waals surface area contributed by atoms with E-state index in [1.165, 1.54) is 11.3 Å². The molecule has 1 atom stereocenters. The van der Waals surface area contributed by atoms with Crippen LogP contribution in [0.2, 0.25) is 9.36 Å². The molecule has 0 spiro atoms.